The molecule has 1 aromatic carbocycles. The van der Waals surface area contributed by atoms with E-state index in [0.29, 0.717) is 10.8 Å². The van der Waals surface area contributed by atoms with Gasteiger partial charge < -0.3 is 9.15 Å². The molecule has 4 rings (SSSR count). The topological polar surface area (TPSA) is 47.6 Å². The van der Waals surface area contributed by atoms with Gasteiger partial charge in [-0.05, 0) is 67.0 Å². The van der Waals surface area contributed by atoms with Gasteiger partial charge in [-0.25, -0.2) is 0 Å². The minimum Gasteiger partial charge on any atom is -0.495 e. The molecule has 136 valence electrons. The lowest BCUT2D eigenvalue weighted by molar-refractivity contribution is 0.415. The third kappa shape index (κ3) is 3.81. The Labute approximate surface area is 163 Å². The summed E-state index contributed by atoms with van der Waals surface area (Å²) in [6, 6.07) is 13.5. The molecular weight excluding hydrogens is 360 g/mol. The fourth-order valence-corrected chi connectivity index (χ4v) is 3.43. The van der Waals surface area contributed by atoms with E-state index in [0.717, 1.165) is 47.7 Å². The summed E-state index contributed by atoms with van der Waals surface area (Å²) in [7, 11) is 1.60. The van der Waals surface area contributed by atoms with E-state index in [4.69, 9.17) is 25.7 Å². The van der Waals surface area contributed by atoms with Crippen LogP contribution < -0.4 is 4.74 Å². The second kappa shape index (κ2) is 7.80. The van der Waals surface area contributed by atoms with Crippen molar-refractivity contribution >= 4 is 23.4 Å². The largest absolute Gasteiger partial charge is 0.495 e. The van der Waals surface area contributed by atoms with Gasteiger partial charge in [0.1, 0.15) is 17.3 Å². The highest BCUT2D eigenvalue weighted by atomic mass is 35.5. The Balaban J connectivity index is 1.64. The van der Waals surface area contributed by atoms with Gasteiger partial charge in [0.2, 0.25) is 0 Å². The molecule has 27 heavy (non-hydrogen) atoms. The van der Waals surface area contributed by atoms with Crippen molar-refractivity contribution in [2.75, 3.05) is 13.7 Å². The van der Waals surface area contributed by atoms with E-state index < -0.39 is 0 Å². The highest BCUT2D eigenvalue weighted by molar-refractivity contribution is 6.32. The van der Waals surface area contributed by atoms with Crippen LogP contribution in [0, 0.1) is 0 Å². The van der Waals surface area contributed by atoms with E-state index in [1.165, 1.54) is 5.57 Å². The van der Waals surface area contributed by atoms with Crippen LogP contribution in [0.15, 0.2) is 69.8 Å². The Bertz CT molecular complexity index is 1010. The van der Waals surface area contributed by atoms with Crippen molar-refractivity contribution in [3.8, 4) is 17.1 Å². The van der Waals surface area contributed by atoms with Crippen LogP contribution in [0.1, 0.15) is 24.2 Å². The lowest BCUT2D eigenvalue weighted by Gasteiger charge is -2.15. The number of halogens is 1. The number of hydrogen-bond donors (Lipinski definition) is 0. The summed E-state index contributed by atoms with van der Waals surface area (Å²) >= 11 is 6.23. The first-order valence-corrected chi connectivity index (χ1v) is 9.22. The summed E-state index contributed by atoms with van der Waals surface area (Å²) in [4.78, 5) is 8.92. The molecule has 2 aromatic heterocycles. The van der Waals surface area contributed by atoms with Gasteiger partial charge in [-0.2, -0.15) is 0 Å². The van der Waals surface area contributed by atoms with Crippen LogP contribution in [-0.2, 0) is 0 Å². The van der Waals surface area contributed by atoms with Gasteiger partial charge in [-0.1, -0.05) is 11.6 Å². The molecule has 0 aliphatic carbocycles. The monoisotopic (exact) mass is 378 g/mol. The van der Waals surface area contributed by atoms with Crippen molar-refractivity contribution in [3.63, 3.8) is 0 Å². The highest BCUT2D eigenvalue weighted by Gasteiger charge is 2.15. The fourth-order valence-electron chi connectivity index (χ4n) is 3.18. The zero-order chi connectivity index (χ0) is 18.6. The number of aliphatic imine (C=N–C) groups is 1. The molecule has 3 aromatic rings. The molecule has 0 saturated heterocycles. The van der Waals surface area contributed by atoms with Crippen molar-refractivity contribution in [1.29, 1.82) is 0 Å². The van der Waals surface area contributed by atoms with Gasteiger partial charge in [0.25, 0.3) is 0 Å². The predicted molar refractivity (Wildman–Crippen MR) is 109 cm³/mol. The molecule has 0 spiro atoms. The minimum absolute atomic E-state index is 0.560. The van der Waals surface area contributed by atoms with Gasteiger partial charge in [0.05, 0.1) is 17.8 Å². The van der Waals surface area contributed by atoms with Gasteiger partial charge in [0, 0.05) is 30.1 Å². The van der Waals surface area contributed by atoms with Crippen molar-refractivity contribution in [3.05, 3.63) is 76.8 Å². The van der Waals surface area contributed by atoms with Crippen LogP contribution in [0.25, 0.3) is 17.4 Å². The summed E-state index contributed by atoms with van der Waals surface area (Å²) in [5.41, 5.74) is 4.12. The average Bonchev–Trinajstić information content (AvgIpc) is 3.17. The smallest absolute Gasteiger partial charge is 0.137 e. The number of aromatic nitrogens is 1. The first-order chi connectivity index (χ1) is 13.2. The van der Waals surface area contributed by atoms with Crippen LogP contribution in [-0.4, -0.2) is 24.4 Å². The van der Waals surface area contributed by atoms with E-state index >= 15 is 0 Å². The normalized spacial score (nSPS) is 15.6. The van der Waals surface area contributed by atoms with Gasteiger partial charge in [-0.15, -0.1) is 0 Å². The SMILES string of the molecule is COc1ccc(-c2ccc(/C=C3/CCCN=C3c3cccnc3)o2)cc1Cl. The minimum atomic E-state index is 0.560. The van der Waals surface area contributed by atoms with Crippen molar-refractivity contribution in [1.82, 2.24) is 4.98 Å². The van der Waals surface area contributed by atoms with E-state index in [9.17, 15) is 0 Å². The number of rotatable bonds is 4. The zero-order valence-corrected chi connectivity index (χ0v) is 15.7. The molecule has 0 amide bonds. The van der Waals surface area contributed by atoms with Crippen LogP contribution in [0.5, 0.6) is 5.75 Å². The summed E-state index contributed by atoms with van der Waals surface area (Å²) < 4.78 is 11.2. The number of pyridine rings is 1. The summed E-state index contributed by atoms with van der Waals surface area (Å²) in [6.45, 7) is 0.843. The number of benzene rings is 1. The van der Waals surface area contributed by atoms with E-state index in [1.54, 1.807) is 13.3 Å². The molecular formula is C22H19ClN2O2. The summed E-state index contributed by atoms with van der Waals surface area (Å²) in [5, 5.41) is 0.560. The maximum absolute atomic E-state index is 6.23. The average molecular weight is 379 g/mol. The molecule has 1 aliphatic rings. The van der Waals surface area contributed by atoms with Crippen LogP contribution in [0.3, 0.4) is 0 Å². The van der Waals surface area contributed by atoms with Crippen molar-refractivity contribution in [2.24, 2.45) is 4.99 Å². The quantitative estimate of drug-likeness (QED) is 0.587. The lowest BCUT2D eigenvalue weighted by Crippen LogP contribution is -2.11. The first kappa shape index (κ1) is 17.6. The number of hydrogen-bond acceptors (Lipinski definition) is 4. The molecule has 0 N–H and O–H groups in total. The second-order valence-electron chi connectivity index (χ2n) is 6.30. The molecule has 0 saturated carbocycles. The number of ether oxygens (including phenoxy) is 1. The molecule has 1 aliphatic heterocycles. The van der Waals surface area contributed by atoms with Crippen LogP contribution >= 0.6 is 11.6 Å². The Morgan fingerprint density at radius 2 is 2.07 bits per heavy atom. The molecule has 0 radical (unpaired) electrons. The first-order valence-electron chi connectivity index (χ1n) is 8.84. The second-order valence-corrected chi connectivity index (χ2v) is 6.70. The Morgan fingerprint density at radius 3 is 2.85 bits per heavy atom. The van der Waals surface area contributed by atoms with E-state index in [1.807, 2.05) is 48.7 Å². The Hall–Kier alpha value is -2.85. The van der Waals surface area contributed by atoms with Gasteiger partial charge in [0.15, 0.2) is 0 Å². The van der Waals surface area contributed by atoms with Crippen molar-refractivity contribution < 1.29 is 9.15 Å². The Kier molecular flexibility index (Phi) is 5.07. The van der Waals surface area contributed by atoms with Gasteiger partial charge in [-0.3, -0.25) is 9.98 Å². The molecule has 0 unspecified atom stereocenters. The van der Waals surface area contributed by atoms with E-state index in [2.05, 4.69) is 11.1 Å². The summed E-state index contributed by atoms with van der Waals surface area (Å²) in [6.07, 6.45) is 7.70. The predicted octanol–water partition coefficient (Wildman–Crippen LogP) is 5.67. The van der Waals surface area contributed by atoms with Crippen LogP contribution in [0.2, 0.25) is 5.02 Å². The lowest BCUT2D eigenvalue weighted by atomic mass is 9.96. The van der Waals surface area contributed by atoms with E-state index in [-0.39, 0.29) is 0 Å². The summed E-state index contributed by atoms with van der Waals surface area (Å²) in [5.74, 6) is 2.21. The molecule has 5 heteroatoms. The fraction of sp³-hybridized carbons (Fsp3) is 0.182. The third-order valence-corrected chi connectivity index (χ3v) is 4.79. The van der Waals surface area contributed by atoms with Gasteiger partial charge >= 0.3 is 0 Å². The zero-order valence-electron chi connectivity index (χ0n) is 15.0. The number of nitrogens with zero attached hydrogens (tertiary/aromatic N) is 2. The number of allylic oxidation sites excluding steroid dienone is 1. The maximum Gasteiger partial charge on any atom is 0.137 e. The standard InChI is InChI=1S/C22H19ClN2O2/c1-26-21-8-6-15(13-19(21)23)20-9-7-18(27-20)12-16-4-3-11-25-22(16)17-5-2-10-24-14-17/h2,5-10,12-14H,3-4,11H2,1H3/b16-12-. The molecule has 4 nitrogen and oxygen atoms in total. The molecule has 3 heterocycles. The molecule has 0 atom stereocenters. The third-order valence-electron chi connectivity index (χ3n) is 4.49. The number of furan rings is 1. The van der Waals surface area contributed by atoms with Crippen LogP contribution in [0.4, 0.5) is 0 Å². The number of methoxy groups -OCH3 is 1. The molecule has 0 bridgehead atoms. The van der Waals surface area contributed by atoms with Crippen molar-refractivity contribution in [2.45, 2.75) is 12.8 Å². The maximum atomic E-state index is 6.23. The Morgan fingerprint density at radius 1 is 1.15 bits per heavy atom. The molecule has 0 fully saturated rings. The highest BCUT2D eigenvalue weighted by Crippen LogP contribution is 2.32.